The largest absolute Gasteiger partial charge is 0.378 e. The van der Waals surface area contributed by atoms with E-state index in [1.54, 1.807) is 16.4 Å². The fourth-order valence-corrected chi connectivity index (χ4v) is 4.00. The number of morpholine rings is 1. The minimum absolute atomic E-state index is 0.443. The molecule has 1 aromatic carbocycles. The van der Waals surface area contributed by atoms with Gasteiger partial charge in [0.05, 0.1) is 24.6 Å². The molecule has 0 atom stereocenters. The fraction of sp³-hybridized carbons (Fsp3) is 0.353. The van der Waals surface area contributed by atoms with Crippen molar-refractivity contribution >= 4 is 29.4 Å². The summed E-state index contributed by atoms with van der Waals surface area (Å²) in [6.07, 6.45) is 0. The SMILES string of the molecule is O=C(Nc1c2c(nn1-c1ccccc1)CSC2)C(=O)N1CCOCC1. The lowest BCUT2D eigenvalue weighted by Gasteiger charge is -2.26. The highest BCUT2D eigenvalue weighted by Gasteiger charge is 2.29. The van der Waals surface area contributed by atoms with E-state index in [1.165, 1.54) is 4.90 Å². The van der Waals surface area contributed by atoms with Gasteiger partial charge in [0.1, 0.15) is 5.82 Å². The summed E-state index contributed by atoms with van der Waals surface area (Å²) in [6.45, 7) is 1.82. The average Bonchev–Trinajstić information content (AvgIpc) is 3.25. The Balaban J connectivity index is 1.61. The number of carbonyl (C=O) groups is 2. The molecule has 1 aromatic heterocycles. The molecular weight excluding hydrogens is 340 g/mol. The second-order valence-corrected chi connectivity index (χ2v) is 6.86. The van der Waals surface area contributed by atoms with E-state index in [1.807, 2.05) is 30.3 Å². The van der Waals surface area contributed by atoms with Crippen molar-refractivity contribution in [3.8, 4) is 5.69 Å². The summed E-state index contributed by atoms with van der Waals surface area (Å²) in [6, 6.07) is 9.61. The molecule has 2 aromatic rings. The predicted octanol–water partition coefficient (Wildman–Crippen LogP) is 1.42. The van der Waals surface area contributed by atoms with Crippen LogP contribution in [0.2, 0.25) is 0 Å². The van der Waals surface area contributed by atoms with E-state index in [4.69, 9.17) is 4.74 Å². The lowest BCUT2D eigenvalue weighted by atomic mass is 10.2. The summed E-state index contributed by atoms with van der Waals surface area (Å²) < 4.78 is 6.95. The van der Waals surface area contributed by atoms with Gasteiger partial charge in [-0.05, 0) is 12.1 Å². The number of aromatic nitrogens is 2. The Hall–Kier alpha value is -2.32. The molecule has 2 aliphatic rings. The minimum atomic E-state index is -0.626. The van der Waals surface area contributed by atoms with Gasteiger partial charge in [-0.1, -0.05) is 18.2 Å². The number of nitrogens with one attached hydrogen (secondary N) is 1. The normalized spacial score (nSPS) is 16.6. The van der Waals surface area contributed by atoms with Crippen molar-refractivity contribution < 1.29 is 14.3 Å². The lowest BCUT2D eigenvalue weighted by Crippen LogP contribution is -2.46. The molecule has 0 radical (unpaired) electrons. The maximum absolute atomic E-state index is 12.5. The molecule has 1 N–H and O–H groups in total. The molecule has 8 heteroatoms. The van der Waals surface area contributed by atoms with Crippen LogP contribution in [0.15, 0.2) is 30.3 Å². The zero-order valence-corrected chi connectivity index (χ0v) is 14.4. The summed E-state index contributed by atoms with van der Waals surface area (Å²) in [7, 11) is 0. The number of hydrogen-bond donors (Lipinski definition) is 1. The van der Waals surface area contributed by atoms with Crippen LogP contribution in [0.3, 0.4) is 0 Å². The van der Waals surface area contributed by atoms with Gasteiger partial charge >= 0.3 is 11.8 Å². The number of hydrogen-bond acceptors (Lipinski definition) is 5. The first-order valence-electron chi connectivity index (χ1n) is 8.16. The van der Waals surface area contributed by atoms with Gasteiger partial charge in [0, 0.05) is 30.2 Å². The molecule has 0 aliphatic carbocycles. The number of rotatable bonds is 2. The number of benzene rings is 1. The van der Waals surface area contributed by atoms with E-state index < -0.39 is 11.8 Å². The zero-order chi connectivity index (χ0) is 17.2. The molecule has 0 bridgehead atoms. The van der Waals surface area contributed by atoms with Gasteiger partial charge in [0.2, 0.25) is 0 Å². The molecule has 0 saturated carbocycles. The maximum Gasteiger partial charge on any atom is 0.315 e. The predicted molar refractivity (Wildman–Crippen MR) is 94.6 cm³/mol. The number of carbonyl (C=O) groups excluding carboxylic acids is 2. The van der Waals surface area contributed by atoms with Gasteiger partial charge in [-0.3, -0.25) is 9.59 Å². The van der Waals surface area contributed by atoms with Crippen LogP contribution in [0.5, 0.6) is 0 Å². The third-order valence-electron chi connectivity index (χ3n) is 4.28. The van der Waals surface area contributed by atoms with Crippen molar-refractivity contribution in [3.05, 3.63) is 41.6 Å². The van der Waals surface area contributed by atoms with E-state index in [0.717, 1.165) is 28.5 Å². The maximum atomic E-state index is 12.5. The van der Waals surface area contributed by atoms with Gasteiger partial charge in [-0.15, -0.1) is 0 Å². The van der Waals surface area contributed by atoms with Gasteiger partial charge in [0.25, 0.3) is 0 Å². The molecule has 3 heterocycles. The third kappa shape index (κ3) is 3.14. The first-order chi connectivity index (χ1) is 12.2. The Kier molecular flexibility index (Phi) is 4.46. The quantitative estimate of drug-likeness (QED) is 0.822. The molecule has 1 fully saturated rings. The Labute approximate surface area is 149 Å². The number of anilines is 1. The summed E-state index contributed by atoms with van der Waals surface area (Å²) >= 11 is 1.75. The molecule has 25 heavy (non-hydrogen) atoms. The van der Waals surface area contributed by atoms with Crippen LogP contribution in [0.25, 0.3) is 5.69 Å². The molecule has 0 spiro atoms. The van der Waals surface area contributed by atoms with Crippen LogP contribution in [0.1, 0.15) is 11.3 Å². The number of fused-ring (bicyclic) bond motifs is 1. The second-order valence-electron chi connectivity index (χ2n) is 5.87. The highest BCUT2D eigenvalue weighted by atomic mass is 32.2. The number of thioether (sulfide) groups is 1. The summed E-state index contributed by atoms with van der Waals surface area (Å²) in [5.41, 5.74) is 2.82. The molecule has 7 nitrogen and oxygen atoms in total. The van der Waals surface area contributed by atoms with Crippen LogP contribution in [0, 0.1) is 0 Å². The molecule has 2 aliphatic heterocycles. The van der Waals surface area contributed by atoms with Gasteiger partial charge in [-0.25, -0.2) is 4.68 Å². The van der Waals surface area contributed by atoms with E-state index >= 15 is 0 Å². The highest BCUT2D eigenvalue weighted by molar-refractivity contribution is 7.98. The number of nitrogens with zero attached hydrogens (tertiary/aromatic N) is 3. The Morgan fingerprint density at radius 2 is 1.88 bits per heavy atom. The Morgan fingerprint density at radius 3 is 2.64 bits per heavy atom. The van der Waals surface area contributed by atoms with Crippen LogP contribution in [0.4, 0.5) is 5.82 Å². The minimum Gasteiger partial charge on any atom is -0.378 e. The third-order valence-corrected chi connectivity index (χ3v) is 5.25. The van der Waals surface area contributed by atoms with E-state index in [-0.39, 0.29) is 0 Å². The van der Waals surface area contributed by atoms with Gasteiger partial charge in [-0.2, -0.15) is 16.9 Å². The molecule has 4 rings (SSSR count). The highest BCUT2D eigenvalue weighted by Crippen LogP contribution is 2.36. The summed E-state index contributed by atoms with van der Waals surface area (Å²) in [5.74, 6) is 1.04. The first-order valence-corrected chi connectivity index (χ1v) is 9.31. The van der Waals surface area contributed by atoms with Crippen molar-refractivity contribution in [2.45, 2.75) is 11.5 Å². The topological polar surface area (TPSA) is 76.5 Å². The standard InChI is InChI=1S/C17H18N4O3S/c22-16(17(23)20-6-8-24-9-7-20)18-15-13-10-25-11-14(13)19-21(15)12-4-2-1-3-5-12/h1-5H,6-11H2,(H,18,22). The molecular formula is C17H18N4O3S. The fourth-order valence-electron chi connectivity index (χ4n) is 2.97. The van der Waals surface area contributed by atoms with Crippen molar-refractivity contribution in [1.82, 2.24) is 14.7 Å². The molecule has 0 unspecified atom stereocenters. The van der Waals surface area contributed by atoms with Crippen molar-refractivity contribution in [1.29, 1.82) is 0 Å². The summed E-state index contributed by atoms with van der Waals surface area (Å²) in [4.78, 5) is 26.4. The Bertz CT molecular complexity index is 800. The lowest BCUT2D eigenvalue weighted by molar-refractivity contribution is -0.145. The zero-order valence-electron chi connectivity index (χ0n) is 13.6. The number of ether oxygens (including phenoxy) is 1. The van der Waals surface area contributed by atoms with Crippen molar-refractivity contribution in [3.63, 3.8) is 0 Å². The van der Waals surface area contributed by atoms with Crippen molar-refractivity contribution in [2.75, 3.05) is 31.6 Å². The molecule has 1 saturated heterocycles. The van der Waals surface area contributed by atoms with Crippen molar-refractivity contribution in [2.24, 2.45) is 0 Å². The van der Waals surface area contributed by atoms with Crippen LogP contribution in [-0.4, -0.2) is 52.8 Å². The van der Waals surface area contributed by atoms with Crippen LogP contribution < -0.4 is 5.32 Å². The smallest absolute Gasteiger partial charge is 0.315 e. The summed E-state index contributed by atoms with van der Waals surface area (Å²) in [5, 5.41) is 7.42. The van der Waals surface area contributed by atoms with Gasteiger partial charge in [0.15, 0.2) is 0 Å². The number of para-hydroxylation sites is 1. The van der Waals surface area contributed by atoms with E-state index in [2.05, 4.69) is 10.4 Å². The first kappa shape index (κ1) is 16.2. The number of amides is 2. The monoisotopic (exact) mass is 358 g/mol. The van der Waals surface area contributed by atoms with Gasteiger partial charge < -0.3 is 15.0 Å². The Morgan fingerprint density at radius 1 is 1.12 bits per heavy atom. The van der Waals surface area contributed by atoms with E-state index in [0.29, 0.717) is 32.1 Å². The van der Waals surface area contributed by atoms with Crippen LogP contribution in [-0.2, 0) is 25.8 Å². The molecule has 2 amide bonds. The molecule has 130 valence electrons. The average molecular weight is 358 g/mol. The van der Waals surface area contributed by atoms with Crippen LogP contribution >= 0.6 is 11.8 Å². The van der Waals surface area contributed by atoms with E-state index in [9.17, 15) is 9.59 Å². The second kappa shape index (κ2) is 6.89.